The molecule has 16 heavy (non-hydrogen) atoms. The summed E-state index contributed by atoms with van der Waals surface area (Å²) in [4.78, 5) is 0. The molecule has 88 valence electrons. The van der Waals surface area contributed by atoms with Crippen LogP contribution in [0.15, 0.2) is 24.3 Å². The zero-order chi connectivity index (χ0) is 11.8. The maximum absolute atomic E-state index is 5.85. The number of rotatable bonds is 5. The Hall–Kier alpha value is -0.840. The summed E-state index contributed by atoms with van der Waals surface area (Å²) in [5.41, 5.74) is 0.886. The predicted octanol–water partition coefficient (Wildman–Crippen LogP) is 2.66. The normalized spacial score (nSPS) is 9.88. The summed E-state index contributed by atoms with van der Waals surface area (Å²) in [5, 5.41) is 7.42. The third-order valence-corrected chi connectivity index (χ3v) is 2.37. The topological polar surface area (TPSA) is 33.3 Å². The Labute approximate surface area is 106 Å². The quantitative estimate of drug-likeness (QED) is 0.629. The van der Waals surface area contributed by atoms with Crippen molar-refractivity contribution in [2.45, 2.75) is 6.42 Å². The summed E-state index contributed by atoms with van der Waals surface area (Å²) in [5.74, 6) is 0. The zero-order valence-corrected chi connectivity index (χ0v) is 10.7. The zero-order valence-electron chi connectivity index (χ0n) is 9.13. The molecule has 0 aliphatic heterocycles. The number of anilines is 1. The summed E-state index contributed by atoms with van der Waals surface area (Å²) in [6, 6.07) is 7.43. The van der Waals surface area contributed by atoms with Gasteiger partial charge in [0.2, 0.25) is 0 Å². The van der Waals surface area contributed by atoms with Gasteiger partial charge in [-0.1, -0.05) is 17.7 Å². The minimum atomic E-state index is 0.596. The molecule has 0 saturated carbocycles. The van der Waals surface area contributed by atoms with Gasteiger partial charge in [0.1, 0.15) is 0 Å². The van der Waals surface area contributed by atoms with Crippen LogP contribution in [0, 0.1) is 0 Å². The number of thiocarbonyl (C=S) groups is 1. The Balaban J connectivity index is 2.29. The highest BCUT2D eigenvalue weighted by Crippen LogP contribution is 2.14. The second-order valence-electron chi connectivity index (χ2n) is 3.24. The van der Waals surface area contributed by atoms with Crippen molar-refractivity contribution in [3.05, 3.63) is 29.3 Å². The Bertz CT molecular complexity index is 347. The van der Waals surface area contributed by atoms with Crippen molar-refractivity contribution in [2.75, 3.05) is 25.6 Å². The summed E-state index contributed by atoms with van der Waals surface area (Å²) in [6.07, 6.45) is 0.924. The van der Waals surface area contributed by atoms with E-state index in [0.29, 0.717) is 10.1 Å². The van der Waals surface area contributed by atoms with E-state index in [2.05, 4.69) is 10.6 Å². The van der Waals surface area contributed by atoms with Gasteiger partial charge in [0.25, 0.3) is 0 Å². The van der Waals surface area contributed by atoms with Crippen LogP contribution in [0.2, 0.25) is 5.02 Å². The fraction of sp³-hybridized carbons (Fsp3) is 0.364. The molecule has 5 heteroatoms. The molecule has 0 aromatic heterocycles. The van der Waals surface area contributed by atoms with E-state index in [9.17, 15) is 0 Å². The SMILES string of the molecule is COCCCNC(=S)Nc1cccc(Cl)c1. The average Bonchev–Trinajstić information content (AvgIpc) is 2.24. The smallest absolute Gasteiger partial charge is 0.170 e. The number of ether oxygens (including phenoxy) is 1. The minimum absolute atomic E-state index is 0.596. The first-order chi connectivity index (χ1) is 7.72. The molecule has 1 rings (SSSR count). The van der Waals surface area contributed by atoms with Gasteiger partial charge in [-0.05, 0) is 36.8 Å². The van der Waals surface area contributed by atoms with E-state index in [1.807, 2.05) is 24.3 Å². The summed E-state index contributed by atoms with van der Waals surface area (Å²) >= 11 is 11.0. The molecular formula is C11H15ClN2OS. The van der Waals surface area contributed by atoms with E-state index in [-0.39, 0.29) is 0 Å². The third-order valence-electron chi connectivity index (χ3n) is 1.89. The first-order valence-corrected chi connectivity index (χ1v) is 5.80. The number of halogens is 1. The molecule has 0 fully saturated rings. The monoisotopic (exact) mass is 258 g/mol. The molecule has 0 aliphatic carbocycles. The Morgan fingerprint density at radius 3 is 3.00 bits per heavy atom. The van der Waals surface area contributed by atoms with Gasteiger partial charge in [0, 0.05) is 31.0 Å². The lowest BCUT2D eigenvalue weighted by Crippen LogP contribution is -2.29. The largest absolute Gasteiger partial charge is 0.385 e. The van der Waals surface area contributed by atoms with Gasteiger partial charge >= 0.3 is 0 Å². The molecule has 1 aromatic carbocycles. The van der Waals surface area contributed by atoms with Crippen LogP contribution in [0.3, 0.4) is 0 Å². The van der Waals surface area contributed by atoms with Gasteiger partial charge in [-0.25, -0.2) is 0 Å². The van der Waals surface area contributed by atoms with E-state index >= 15 is 0 Å². The lowest BCUT2D eigenvalue weighted by atomic mass is 10.3. The number of methoxy groups -OCH3 is 1. The molecule has 0 unspecified atom stereocenters. The van der Waals surface area contributed by atoms with Gasteiger partial charge in [-0.15, -0.1) is 0 Å². The molecule has 0 bridgehead atoms. The second-order valence-corrected chi connectivity index (χ2v) is 4.08. The van der Waals surface area contributed by atoms with Crippen LogP contribution >= 0.6 is 23.8 Å². The highest BCUT2D eigenvalue weighted by molar-refractivity contribution is 7.80. The third kappa shape index (κ3) is 5.30. The molecule has 1 aromatic rings. The van der Waals surface area contributed by atoms with E-state index in [0.717, 1.165) is 25.3 Å². The van der Waals surface area contributed by atoms with Crippen LogP contribution in [0.1, 0.15) is 6.42 Å². The van der Waals surface area contributed by atoms with Crippen LogP contribution in [0.5, 0.6) is 0 Å². The van der Waals surface area contributed by atoms with Crippen molar-refractivity contribution in [1.29, 1.82) is 0 Å². The Morgan fingerprint density at radius 1 is 1.50 bits per heavy atom. The molecule has 2 N–H and O–H groups in total. The Kier molecular flexibility index (Phi) is 6.15. The first kappa shape index (κ1) is 13.2. The average molecular weight is 259 g/mol. The van der Waals surface area contributed by atoms with Crippen LogP contribution in [-0.2, 0) is 4.74 Å². The van der Waals surface area contributed by atoms with Crippen LogP contribution in [-0.4, -0.2) is 25.4 Å². The second kappa shape index (κ2) is 7.44. The van der Waals surface area contributed by atoms with E-state index in [1.54, 1.807) is 7.11 Å². The molecular weight excluding hydrogens is 244 g/mol. The highest BCUT2D eigenvalue weighted by atomic mass is 35.5. The Morgan fingerprint density at radius 2 is 2.31 bits per heavy atom. The minimum Gasteiger partial charge on any atom is -0.385 e. The molecule has 0 heterocycles. The number of nitrogens with one attached hydrogen (secondary N) is 2. The molecule has 0 spiro atoms. The van der Waals surface area contributed by atoms with Gasteiger partial charge in [0.15, 0.2) is 5.11 Å². The predicted molar refractivity (Wildman–Crippen MR) is 72.2 cm³/mol. The van der Waals surface area contributed by atoms with Crippen molar-refractivity contribution in [1.82, 2.24) is 5.32 Å². The number of benzene rings is 1. The number of hydrogen-bond acceptors (Lipinski definition) is 2. The van der Waals surface area contributed by atoms with Crippen molar-refractivity contribution in [3.8, 4) is 0 Å². The summed E-state index contributed by atoms with van der Waals surface area (Å²) in [7, 11) is 1.68. The van der Waals surface area contributed by atoms with Crippen LogP contribution in [0.25, 0.3) is 0 Å². The molecule has 0 aliphatic rings. The highest BCUT2D eigenvalue weighted by Gasteiger charge is 1.97. The van der Waals surface area contributed by atoms with Crippen molar-refractivity contribution < 1.29 is 4.74 Å². The van der Waals surface area contributed by atoms with E-state index in [4.69, 9.17) is 28.6 Å². The number of hydrogen-bond donors (Lipinski definition) is 2. The maximum Gasteiger partial charge on any atom is 0.170 e. The molecule has 0 atom stereocenters. The van der Waals surface area contributed by atoms with Crippen molar-refractivity contribution >= 4 is 34.6 Å². The van der Waals surface area contributed by atoms with Gasteiger partial charge < -0.3 is 15.4 Å². The molecule has 3 nitrogen and oxygen atoms in total. The van der Waals surface area contributed by atoms with Crippen LogP contribution < -0.4 is 10.6 Å². The van der Waals surface area contributed by atoms with E-state index in [1.165, 1.54) is 0 Å². The fourth-order valence-corrected chi connectivity index (χ4v) is 1.57. The first-order valence-electron chi connectivity index (χ1n) is 5.01. The van der Waals surface area contributed by atoms with Crippen molar-refractivity contribution in [2.24, 2.45) is 0 Å². The lowest BCUT2D eigenvalue weighted by Gasteiger charge is -2.10. The van der Waals surface area contributed by atoms with Crippen LogP contribution in [0.4, 0.5) is 5.69 Å². The summed E-state index contributed by atoms with van der Waals surface area (Å²) < 4.78 is 4.94. The fourth-order valence-electron chi connectivity index (χ4n) is 1.16. The molecule has 0 saturated heterocycles. The molecule has 0 radical (unpaired) electrons. The van der Waals surface area contributed by atoms with E-state index < -0.39 is 0 Å². The van der Waals surface area contributed by atoms with Crippen molar-refractivity contribution in [3.63, 3.8) is 0 Å². The van der Waals surface area contributed by atoms with Gasteiger partial charge in [-0.3, -0.25) is 0 Å². The maximum atomic E-state index is 5.85. The standard InChI is InChI=1S/C11H15ClN2OS/c1-15-7-3-6-13-11(16)14-10-5-2-4-9(12)8-10/h2,4-5,8H,3,6-7H2,1H3,(H2,13,14,16). The summed E-state index contributed by atoms with van der Waals surface area (Å²) in [6.45, 7) is 1.52. The molecule has 0 amide bonds. The van der Waals surface area contributed by atoms with Gasteiger partial charge in [-0.2, -0.15) is 0 Å². The van der Waals surface area contributed by atoms with Gasteiger partial charge in [0.05, 0.1) is 0 Å². The lowest BCUT2D eigenvalue weighted by molar-refractivity contribution is 0.196.